The Morgan fingerprint density at radius 2 is 1.71 bits per heavy atom. The van der Waals surface area contributed by atoms with E-state index in [0.29, 0.717) is 12.2 Å². The predicted octanol–water partition coefficient (Wildman–Crippen LogP) is 1.78. The van der Waals surface area contributed by atoms with Crippen molar-refractivity contribution in [1.82, 2.24) is 9.13 Å². The average Bonchev–Trinajstić information content (AvgIpc) is 2.34. The van der Waals surface area contributed by atoms with Gasteiger partial charge >= 0.3 is 11.1 Å². The van der Waals surface area contributed by atoms with Crippen LogP contribution in [-0.4, -0.2) is 9.13 Å². The van der Waals surface area contributed by atoms with Gasteiger partial charge < -0.3 is 4.57 Å². The van der Waals surface area contributed by atoms with Gasteiger partial charge in [-0.3, -0.25) is 14.2 Å². The van der Waals surface area contributed by atoms with Gasteiger partial charge in [-0.1, -0.05) is 15.9 Å². The van der Waals surface area contributed by atoms with E-state index >= 15 is 0 Å². The summed E-state index contributed by atoms with van der Waals surface area (Å²) in [6, 6.07) is 7.21. The Balaban J connectivity index is 2.62. The number of halogens is 1. The zero-order valence-corrected chi connectivity index (χ0v) is 10.8. The standard InChI is InChI=1S/C12H11BrN2O2/c1-2-14-7-8-15(12(17)11(14)16)10-5-3-9(13)4-6-10/h3-8H,2H2,1H3. The van der Waals surface area contributed by atoms with Crippen molar-refractivity contribution in [3.8, 4) is 5.69 Å². The number of hydrogen-bond acceptors (Lipinski definition) is 2. The van der Waals surface area contributed by atoms with Crippen LogP contribution >= 0.6 is 15.9 Å². The average molecular weight is 295 g/mol. The van der Waals surface area contributed by atoms with Crippen LogP contribution in [0, 0.1) is 0 Å². The lowest BCUT2D eigenvalue weighted by Crippen LogP contribution is -2.39. The zero-order valence-electron chi connectivity index (χ0n) is 9.26. The predicted molar refractivity (Wildman–Crippen MR) is 69.7 cm³/mol. The second-order valence-corrected chi connectivity index (χ2v) is 4.46. The molecule has 4 nitrogen and oxygen atoms in total. The maximum absolute atomic E-state index is 11.9. The number of aromatic nitrogens is 2. The highest BCUT2D eigenvalue weighted by Crippen LogP contribution is 2.12. The molecule has 0 bridgehead atoms. The summed E-state index contributed by atoms with van der Waals surface area (Å²) in [4.78, 5) is 23.5. The highest BCUT2D eigenvalue weighted by Gasteiger charge is 2.05. The van der Waals surface area contributed by atoms with Crippen molar-refractivity contribution >= 4 is 15.9 Å². The second kappa shape index (κ2) is 4.71. The van der Waals surface area contributed by atoms with Crippen molar-refractivity contribution in [3.05, 3.63) is 61.8 Å². The molecule has 0 amide bonds. The summed E-state index contributed by atoms with van der Waals surface area (Å²) in [5.74, 6) is 0. The van der Waals surface area contributed by atoms with E-state index < -0.39 is 11.1 Å². The molecule has 88 valence electrons. The van der Waals surface area contributed by atoms with Crippen LogP contribution in [0.25, 0.3) is 5.69 Å². The van der Waals surface area contributed by atoms with Crippen LogP contribution in [0.3, 0.4) is 0 Å². The van der Waals surface area contributed by atoms with Gasteiger partial charge in [0.25, 0.3) is 0 Å². The normalized spacial score (nSPS) is 10.5. The molecule has 1 aromatic carbocycles. The third kappa shape index (κ3) is 2.24. The monoisotopic (exact) mass is 294 g/mol. The summed E-state index contributed by atoms with van der Waals surface area (Å²) in [6.07, 6.45) is 3.22. The second-order valence-electron chi connectivity index (χ2n) is 3.54. The van der Waals surface area contributed by atoms with E-state index in [9.17, 15) is 9.59 Å². The molecule has 17 heavy (non-hydrogen) atoms. The molecule has 0 N–H and O–H groups in total. The molecular formula is C12H11BrN2O2. The summed E-state index contributed by atoms with van der Waals surface area (Å²) in [5.41, 5.74) is -0.354. The van der Waals surface area contributed by atoms with E-state index in [-0.39, 0.29) is 0 Å². The van der Waals surface area contributed by atoms with Gasteiger partial charge in [-0.25, -0.2) is 0 Å². The Morgan fingerprint density at radius 3 is 2.29 bits per heavy atom. The number of aryl methyl sites for hydroxylation is 1. The van der Waals surface area contributed by atoms with Crippen molar-refractivity contribution in [2.24, 2.45) is 0 Å². The molecule has 0 spiro atoms. The first-order valence-corrected chi connectivity index (χ1v) is 6.01. The van der Waals surface area contributed by atoms with Crippen LogP contribution in [-0.2, 0) is 6.54 Å². The van der Waals surface area contributed by atoms with Gasteiger partial charge in [0.05, 0.1) is 0 Å². The summed E-state index contributed by atoms with van der Waals surface area (Å²) >= 11 is 3.32. The van der Waals surface area contributed by atoms with Gasteiger partial charge in [-0.2, -0.15) is 0 Å². The van der Waals surface area contributed by atoms with Crippen LogP contribution in [0.5, 0.6) is 0 Å². The Kier molecular flexibility index (Phi) is 3.28. The fourth-order valence-corrected chi connectivity index (χ4v) is 1.83. The summed E-state index contributed by atoms with van der Waals surface area (Å²) in [5, 5.41) is 0. The third-order valence-corrected chi connectivity index (χ3v) is 3.03. The third-order valence-electron chi connectivity index (χ3n) is 2.50. The molecule has 0 fully saturated rings. The fraction of sp³-hybridized carbons (Fsp3) is 0.167. The highest BCUT2D eigenvalue weighted by atomic mass is 79.9. The highest BCUT2D eigenvalue weighted by molar-refractivity contribution is 9.10. The van der Waals surface area contributed by atoms with Crippen LogP contribution in [0.1, 0.15) is 6.92 Å². The first-order valence-electron chi connectivity index (χ1n) is 5.21. The molecule has 0 saturated carbocycles. The SMILES string of the molecule is CCn1ccn(-c2ccc(Br)cc2)c(=O)c1=O. The van der Waals surface area contributed by atoms with E-state index in [4.69, 9.17) is 0 Å². The number of nitrogens with zero attached hydrogens (tertiary/aromatic N) is 2. The maximum Gasteiger partial charge on any atom is 0.320 e. The van der Waals surface area contributed by atoms with Gasteiger partial charge in [0, 0.05) is 29.1 Å². The molecule has 2 rings (SSSR count). The molecule has 0 aliphatic carbocycles. The van der Waals surface area contributed by atoms with Crippen LogP contribution in [0.15, 0.2) is 50.7 Å². The van der Waals surface area contributed by atoms with Crippen LogP contribution in [0.2, 0.25) is 0 Å². The molecule has 0 aliphatic rings. The molecule has 0 aliphatic heterocycles. The Labute approximate surface area is 106 Å². The van der Waals surface area contributed by atoms with E-state index in [0.717, 1.165) is 4.47 Å². The summed E-state index contributed by atoms with van der Waals surface area (Å²) in [7, 11) is 0. The molecule has 1 heterocycles. The van der Waals surface area contributed by atoms with Gasteiger partial charge in [-0.15, -0.1) is 0 Å². The van der Waals surface area contributed by atoms with Gasteiger partial charge in [0.1, 0.15) is 0 Å². The molecule has 0 radical (unpaired) electrons. The zero-order chi connectivity index (χ0) is 12.4. The number of benzene rings is 1. The lowest BCUT2D eigenvalue weighted by Gasteiger charge is -2.07. The minimum Gasteiger partial charge on any atom is -0.310 e. The maximum atomic E-state index is 11.9. The Bertz CT molecular complexity index is 641. The topological polar surface area (TPSA) is 44.0 Å². The number of rotatable bonds is 2. The first kappa shape index (κ1) is 11.9. The molecule has 0 saturated heterocycles. The van der Waals surface area contributed by atoms with Crippen molar-refractivity contribution < 1.29 is 0 Å². The van der Waals surface area contributed by atoms with E-state index in [1.54, 1.807) is 24.5 Å². The van der Waals surface area contributed by atoms with Gasteiger partial charge in [0.15, 0.2) is 0 Å². The van der Waals surface area contributed by atoms with Crippen molar-refractivity contribution in [1.29, 1.82) is 0 Å². The van der Waals surface area contributed by atoms with Crippen LogP contribution < -0.4 is 11.1 Å². The van der Waals surface area contributed by atoms with Crippen molar-refractivity contribution in [2.75, 3.05) is 0 Å². The van der Waals surface area contributed by atoms with Crippen LogP contribution in [0.4, 0.5) is 0 Å². The molecule has 0 unspecified atom stereocenters. The first-order chi connectivity index (χ1) is 8.13. The molecule has 2 aromatic rings. The fourth-order valence-electron chi connectivity index (χ4n) is 1.56. The minimum atomic E-state index is -0.531. The Morgan fingerprint density at radius 1 is 1.06 bits per heavy atom. The number of hydrogen-bond donors (Lipinski definition) is 0. The Hall–Kier alpha value is -1.62. The van der Waals surface area contributed by atoms with Crippen molar-refractivity contribution in [2.45, 2.75) is 13.5 Å². The quantitative estimate of drug-likeness (QED) is 0.793. The molecular weight excluding hydrogens is 284 g/mol. The molecule has 0 atom stereocenters. The van der Waals surface area contributed by atoms with Gasteiger partial charge in [0.2, 0.25) is 0 Å². The molecule has 1 aromatic heterocycles. The van der Waals surface area contributed by atoms with Crippen molar-refractivity contribution in [3.63, 3.8) is 0 Å². The van der Waals surface area contributed by atoms with E-state index in [1.807, 2.05) is 19.1 Å². The van der Waals surface area contributed by atoms with E-state index in [2.05, 4.69) is 15.9 Å². The smallest absolute Gasteiger partial charge is 0.310 e. The minimum absolute atomic E-state index is 0.495. The van der Waals surface area contributed by atoms with Gasteiger partial charge in [-0.05, 0) is 31.2 Å². The summed E-state index contributed by atoms with van der Waals surface area (Å²) < 4.78 is 3.66. The summed E-state index contributed by atoms with van der Waals surface area (Å²) in [6.45, 7) is 2.32. The lowest BCUT2D eigenvalue weighted by molar-refractivity contribution is 0.693. The lowest BCUT2D eigenvalue weighted by atomic mass is 10.3. The molecule has 5 heteroatoms. The van der Waals surface area contributed by atoms with E-state index in [1.165, 1.54) is 9.13 Å². The largest absolute Gasteiger partial charge is 0.320 e.